The standard InChI is InChI=1S/C20H25N3O2S/c1-14-17-8-11-26-18(17)7-10-23(14)20(24)22-13-15-6-9-21-19(12-15)25-16-4-2-3-5-16/h6,8-9,11-12,14,16H,2-5,7,10,13H2,1H3,(H,22,24)/t14-/m0/s1. The minimum absolute atomic E-state index is 0.00979. The lowest BCUT2D eigenvalue weighted by molar-refractivity contribution is 0.175. The Labute approximate surface area is 158 Å². The Morgan fingerprint density at radius 2 is 2.23 bits per heavy atom. The van der Waals surface area contributed by atoms with Crippen LogP contribution in [0.5, 0.6) is 5.88 Å². The van der Waals surface area contributed by atoms with Gasteiger partial charge in [-0.15, -0.1) is 11.3 Å². The lowest BCUT2D eigenvalue weighted by Crippen LogP contribution is -2.44. The fraction of sp³-hybridized carbons (Fsp3) is 0.500. The van der Waals surface area contributed by atoms with Crippen molar-refractivity contribution < 1.29 is 9.53 Å². The molecular formula is C20H25N3O2S. The average Bonchev–Trinajstić information content (AvgIpc) is 3.32. The van der Waals surface area contributed by atoms with E-state index in [2.05, 4.69) is 28.7 Å². The molecule has 2 aromatic heterocycles. The molecule has 26 heavy (non-hydrogen) atoms. The number of nitrogens with one attached hydrogen (secondary N) is 1. The van der Waals surface area contributed by atoms with Crippen LogP contribution in [0.15, 0.2) is 29.8 Å². The largest absolute Gasteiger partial charge is 0.474 e. The van der Waals surface area contributed by atoms with Gasteiger partial charge in [-0.25, -0.2) is 9.78 Å². The number of carbonyl (C=O) groups is 1. The van der Waals surface area contributed by atoms with Crippen LogP contribution < -0.4 is 10.1 Å². The topological polar surface area (TPSA) is 54.5 Å². The van der Waals surface area contributed by atoms with Gasteiger partial charge < -0.3 is 15.0 Å². The van der Waals surface area contributed by atoms with Gasteiger partial charge in [0.2, 0.25) is 5.88 Å². The first-order chi connectivity index (χ1) is 12.7. The molecule has 0 unspecified atom stereocenters. The fourth-order valence-corrected chi connectivity index (χ4v) is 4.83. The van der Waals surface area contributed by atoms with Gasteiger partial charge in [-0.2, -0.15) is 0 Å². The number of hydrogen-bond acceptors (Lipinski definition) is 4. The van der Waals surface area contributed by atoms with Crippen molar-refractivity contribution in [3.8, 4) is 5.88 Å². The molecule has 0 radical (unpaired) electrons. The van der Waals surface area contributed by atoms with E-state index in [9.17, 15) is 4.79 Å². The molecule has 6 heteroatoms. The quantitative estimate of drug-likeness (QED) is 0.872. The van der Waals surface area contributed by atoms with Gasteiger partial charge in [0.15, 0.2) is 0 Å². The van der Waals surface area contributed by atoms with E-state index in [1.807, 2.05) is 17.0 Å². The summed E-state index contributed by atoms with van der Waals surface area (Å²) in [6.45, 7) is 3.36. The molecule has 2 amide bonds. The number of ether oxygens (including phenoxy) is 1. The predicted octanol–water partition coefficient (Wildman–Crippen LogP) is 4.29. The van der Waals surface area contributed by atoms with Crippen molar-refractivity contribution in [2.75, 3.05) is 6.54 Å². The summed E-state index contributed by atoms with van der Waals surface area (Å²) in [7, 11) is 0. The Kier molecular flexibility index (Phi) is 5.11. The highest BCUT2D eigenvalue weighted by Gasteiger charge is 2.28. The van der Waals surface area contributed by atoms with E-state index in [-0.39, 0.29) is 12.1 Å². The lowest BCUT2D eigenvalue weighted by Gasteiger charge is -2.33. The van der Waals surface area contributed by atoms with E-state index < -0.39 is 0 Å². The molecule has 0 bridgehead atoms. The van der Waals surface area contributed by atoms with E-state index >= 15 is 0 Å². The molecule has 1 aliphatic heterocycles. The summed E-state index contributed by atoms with van der Waals surface area (Å²) in [5.74, 6) is 0.665. The normalized spacial score (nSPS) is 20.0. The van der Waals surface area contributed by atoms with Gasteiger partial charge in [0.05, 0.1) is 6.04 Å². The van der Waals surface area contributed by atoms with Gasteiger partial charge in [0, 0.05) is 30.2 Å². The number of carbonyl (C=O) groups excluding carboxylic acids is 1. The summed E-state index contributed by atoms with van der Waals surface area (Å²) in [5.41, 5.74) is 2.30. The van der Waals surface area contributed by atoms with E-state index in [1.165, 1.54) is 23.3 Å². The molecule has 1 atom stereocenters. The Hall–Kier alpha value is -2.08. The number of fused-ring (bicyclic) bond motifs is 1. The second-order valence-corrected chi connectivity index (χ2v) is 8.10. The average molecular weight is 372 g/mol. The summed E-state index contributed by atoms with van der Waals surface area (Å²) >= 11 is 1.79. The molecule has 2 aliphatic rings. The number of rotatable bonds is 4. The van der Waals surface area contributed by atoms with Crippen LogP contribution in [0, 0.1) is 0 Å². The smallest absolute Gasteiger partial charge is 0.318 e. The van der Waals surface area contributed by atoms with Crippen molar-refractivity contribution >= 4 is 17.4 Å². The van der Waals surface area contributed by atoms with E-state index in [0.29, 0.717) is 18.5 Å². The van der Waals surface area contributed by atoms with Crippen LogP contribution in [0.4, 0.5) is 4.79 Å². The zero-order chi connectivity index (χ0) is 17.9. The molecule has 5 nitrogen and oxygen atoms in total. The van der Waals surface area contributed by atoms with Crippen LogP contribution in [0.25, 0.3) is 0 Å². The van der Waals surface area contributed by atoms with Gasteiger partial charge in [-0.05, 0) is 67.7 Å². The third kappa shape index (κ3) is 3.70. The van der Waals surface area contributed by atoms with Crippen molar-refractivity contribution in [2.24, 2.45) is 0 Å². The Bertz CT molecular complexity index is 770. The third-order valence-electron chi connectivity index (χ3n) is 5.37. The number of hydrogen-bond donors (Lipinski definition) is 1. The zero-order valence-corrected chi connectivity index (χ0v) is 15.9. The van der Waals surface area contributed by atoms with Crippen LogP contribution >= 0.6 is 11.3 Å². The van der Waals surface area contributed by atoms with Crippen molar-refractivity contribution in [1.82, 2.24) is 15.2 Å². The van der Waals surface area contributed by atoms with Gasteiger partial charge in [0.1, 0.15) is 6.10 Å². The molecule has 3 heterocycles. The maximum Gasteiger partial charge on any atom is 0.318 e. The maximum absolute atomic E-state index is 12.6. The molecule has 2 aromatic rings. The van der Waals surface area contributed by atoms with E-state index in [0.717, 1.165) is 31.4 Å². The molecule has 1 N–H and O–H groups in total. The molecule has 138 valence electrons. The van der Waals surface area contributed by atoms with Crippen molar-refractivity contribution in [3.05, 3.63) is 45.8 Å². The number of nitrogens with zero attached hydrogens (tertiary/aromatic N) is 2. The molecule has 0 saturated heterocycles. The van der Waals surface area contributed by atoms with Gasteiger partial charge in [0.25, 0.3) is 0 Å². The molecular weight excluding hydrogens is 346 g/mol. The summed E-state index contributed by atoms with van der Waals surface area (Å²) in [6.07, 6.45) is 7.69. The summed E-state index contributed by atoms with van der Waals surface area (Å²) in [5, 5.41) is 5.17. The summed E-state index contributed by atoms with van der Waals surface area (Å²) in [4.78, 5) is 20.3. The van der Waals surface area contributed by atoms with Crippen LogP contribution in [0.1, 0.15) is 54.7 Å². The first-order valence-corrected chi connectivity index (χ1v) is 10.3. The van der Waals surface area contributed by atoms with Crippen LogP contribution in [0.2, 0.25) is 0 Å². The second kappa shape index (κ2) is 7.66. The first kappa shape index (κ1) is 17.3. The molecule has 1 saturated carbocycles. The highest BCUT2D eigenvalue weighted by Crippen LogP contribution is 2.32. The Balaban J connectivity index is 1.34. The number of urea groups is 1. The fourth-order valence-electron chi connectivity index (χ4n) is 3.87. The number of thiophene rings is 1. The highest BCUT2D eigenvalue weighted by molar-refractivity contribution is 7.10. The van der Waals surface area contributed by atoms with Crippen LogP contribution in [-0.4, -0.2) is 28.6 Å². The number of aromatic nitrogens is 1. The summed E-state index contributed by atoms with van der Waals surface area (Å²) < 4.78 is 5.95. The van der Waals surface area contributed by atoms with Crippen molar-refractivity contribution in [3.63, 3.8) is 0 Å². The Morgan fingerprint density at radius 3 is 3.08 bits per heavy atom. The minimum Gasteiger partial charge on any atom is -0.474 e. The molecule has 1 aliphatic carbocycles. The number of pyridine rings is 1. The minimum atomic E-state index is -0.00979. The summed E-state index contributed by atoms with van der Waals surface area (Å²) in [6, 6.07) is 6.13. The molecule has 0 aromatic carbocycles. The second-order valence-electron chi connectivity index (χ2n) is 7.10. The van der Waals surface area contributed by atoms with Gasteiger partial charge >= 0.3 is 6.03 Å². The highest BCUT2D eigenvalue weighted by atomic mass is 32.1. The SMILES string of the molecule is C[C@H]1c2ccsc2CCN1C(=O)NCc1ccnc(OC2CCCC2)c1. The molecule has 1 fully saturated rings. The van der Waals surface area contributed by atoms with Crippen LogP contribution in [0.3, 0.4) is 0 Å². The molecule has 0 spiro atoms. The van der Waals surface area contributed by atoms with E-state index in [4.69, 9.17) is 4.74 Å². The van der Waals surface area contributed by atoms with Gasteiger partial charge in [-0.1, -0.05) is 0 Å². The maximum atomic E-state index is 12.6. The third-order valence-corrected chi connectivity index (χ3v) is 6.37. The lowest BCUT2D eigenvalue weighted by atomic mass is 10.0. The molecule has 4 rings (SSSR count). The van der Waals surface area contributed by atoms with E-state index in [1.54, 1.807) is 17.5 Å². The zero-order valence-electron chi connectivity index (χ0n) is 15.1. The van der Waals surface area contributed by atoms with Gasteiger partial charge in [-0.3, -0.25) is 0 Å². The Morgan fingerprint density at radius 1 is 1.38 bits per heavy atom. The van der Waals surface area contributed by atoms with Crippen LogP contribution in [-0.2, 0) is 13.0 Å². The number of amides is 2. The van der Waals surface area contributed by atoms with Crippen molar-refractivity contribution in [2.45, 2.75) is 57.7 Å². The first-order valence-electron chi connectivity index (χ1n) is 9.43. The monoisotopic (exact) mass is 371 g/mol. The van der Waals surface area contributed by atoms with Crippen molar-refractivity contribution in [1.29, 1.82) is 0 Å². The predicted molar refractivity (Wildman–Crippen MR) is 103 cm³/mol.